The van der Waals surface area contributed by atoms with Gasteiger partial charge in [0, 0.05) is 25.3 Å². The molecule has 150 valence electrons. The molecular weight excluding hydrogens is 366 g/mol. The first-order chi connectivity index (χ1) is 14.2. The number of anilines is 1. The summed E-state index contributed by atoms with van der Waals surface area (Å²) in [5, 5.41) is 3.09. The van der Waals surface area contributed by atoms with E-state index in [4.69, 9.17) is 4.74 Å². The van der Waals surface area contributed by atoms with Gasteiger partial charge in [0.25, 0.3) is 0 Å². The molecule has 2 amide bonds. The predicted octanol–water partition coefficient (Wildman–Crippen LogP) is 2.18. The van der Waals surface area contributed by atoms with Crippen molar-refractivity contribution < 1.29 is 14.3 Å². The third kappa shape index (κ3) is 2.94. The highest BCUT2D eigenvalue weighted by Gasteiger charge is 2.58. The van der Waals surface area contributed by atoms with Crippen molar-refractivity contribution in [1.29, 1.82) is 0 Å². The molecule has 29 heavy (non-hydrogen) atoms. The monoisotopic (exact) mass is 391 g/mol. The number of benzene rings is 2. The number of para-hydroxylation sites is 1. The molecule has 0 aromatic heterocycles. The number of rotatable bonds is 3. The summed E-state index contributed by atoms with van der Waals surface area (Å²) in [5.41, 5.74) is 2.34. The van der Waals surface area contributed by atoms with E-state index in [9.17, 15) is 9.59 Å². The van der Waals surface area contributed by atoms with Gasteiger partial charge in [-0.05, 0) is 23.6 Å². The number of likely N-dealkylation sites (tertiary alicyclic amines) is 1. The van der Waals surface area contributed by atoms with Crippen LogP contribution in [0.1, 0.15) is 23.6 Å². The van der Waals surface area contributed by atoms with Crippen LogP contribution in [-0.4, -0.2) is 61.0 Å². The van der Waals surface area contributed by atoms with Crippen molar-refractivity contribution in [2.45, 2.75) is 17.9 Å². The summed E-state index contributed by atoms with van der Waals surface area (Å²) in [6.45, 7) is 3.48. The average Bonchev–Trinajstić information content (AvgIpc) is 3.28. The van der Waals surface area contributed by atoms with E-state index >= 15 is 0 Å². The van der Waals surface area contributed by atoms with E-state index in [1.807, 2.05) is 41.3 Å². The van der Waals surface area contributed by atoms with Crippen molar-refractivity contribution in [1.82, 2.24) is 9.80 Å². The highest BCUT2D eigenvalue weighted by atomic mass is 16.5. The summed E-state index contributed by atoms with van der Waals surface area (Å²) in [4.78, 5) is 30.4. The summed E-state index contributed by atoms with van der Waals surface area (Å²) in [6.07, 6.45) is 0.700. The molecule has 0 bridgehead atoms. The molecule has 1 N–H and O–H groups in total. The van der Waals surface area contributed by atoms with Gasteiger partial charge in [-0.1, -0.05) is 48.5 Å². The lowest BCUT2D eigenvalue weighted by Crippen LogP contribution is -2.47. The minimum Gasteiger partial charge on any atom is -0.378 e. The van der Waals surface area contributed by atoms with E-state index in [1.54, 1.807) is 0 Å². The number of carbonyl (C=O) groups is 2. The lowest BCUT2D eigenvalue weighted by Gasteiger charge is -2.35. The van der Waals surface area contributed by atoms with Crippen LogP contribution < -0.4 is 5.32 Å². The van der Waals surface area contributed by atoms with Crippen molar-refractivity contribution in [3.05, 3.63) is 65.7 Å². The second-order valence-corrected chi connectivity index (χ2v) is 8.00. The van der Waals surface area contributed by atoms with Gasteiger partial charge in [0.2, 0.25) is 11.8 Å². The molecule has 3 aliphatic rings. The Morgan fingerprint density at radius 3 is 2.55 bits per heavy atom. The minimum absolute atomic E-state index is 0.0360. The van der Waals surface area contributed by atoms with E-state index in [-0.39, 0.29) is 17.9 Å². The fourth-order valence-corrected chi connectivity index (χ4v) is 5.14. The molecule has 0 aliphatic carbocycles. The molecule has 2 aromatic carbocycles. The van der Waals surface area contributed by atoms with Crippen molar-refractivity contribution in [2.75, 3.05) is 44.7 Å². The number of hydrogen-bond acceptors (Lipinski definition) is 4. The Labute approximate surface area is 170 Å². The molecule has 0 unspecified atom stereocenters. The smallest absolute Gasteiger partial charge is 0.237 e. The SMILES string of the molecule is O=C(CN1CC[C@@]2(C(=O)Nc3ccccc32)[C@@H]1c1ccccc1)N1CCOCC1. The largest absolute Gasteiger partial charge is 0.378 e. The Kier molecular flexibility index (Phi) is 4.60. The van der Waals surface area contributed by atoms with E-state index in [0.29, 0.717) is 45.8 Å². The highest BCUT2D eigenvalue weighted by Crippen LogP contribution is 2.54. The van der Waals surface area contributed by atoms with Crippen LogP contribution in [-0.2, 0) is 19.7 Å². The molecule has 2 fully saturated rings. The molecule has 3 heterocycles. The lowest BCUT2D eigenvalue weighted by molar-refractivity contribution is -0.137. The highest BCUT2D eigenvalue weighted by molar-refractivity contribution is 6.07. The van der Waals surface area contributed by atoms with Gasteiger partial charge in [-0.3, -0.25) is 14.5 Å². The number of ether oxygens (including phenoxy) is 1. The van der Waals surface area contributed by atoms with Crippen LogP contribution in [0.3, 0.4) is 0 Å². The average molecular weight is 391 g/mol. The van der Waals surface area contributed by atoms with Crippen LogP contribution in [0.4, 0.5) is 5.69 Å². The number of fused-ring (bicyclic) bond motifs is 2. The van der Waals surface area contributed by atoms with E-state index in [2.05, 4.69) is 28.4 Å². The molecular formula is C23H25N3O3. The summed E-state index contributed by atoms with van der Waals surface area (Å²) in [5.74, 6) is 0.145. The van der Waals surface area contributed by atoms with Gasteiger partial charge in [0.05, 0.1) is 31.2 Å². The molecule has 0 radical (unpaired) electrons. The van der Waals surface area contributed by atoms with Crippen LogP contribution in [0.25, 0.3) is 0 Å². The number of nitrogens with zero attached hydrogens (tertiary/aromatic N) is 2. The zero-order valence-electron chi connectivity index (χ0n) is 16.3. The van der Waals surface area contributed by atoms with Gasteiger partial charge in [-0.2, -0.15) is 0 Å². The van der Waals surface area contributed by atoms with Crippen LogP contribution >= 0.6 is 0 Å². The number of carbonyl (C=O) groups excluding carboxylic acids is 2. The third-order valence-corrected chi connectivity index (χ3v) is 6.50. The third-order valence-electron chi connectivity index (χ3n) is 6.50. The summed E-state index contributed by atoms with van der Waals surface area (Å²) >= 11 is 0. The minimum atomic E-state index is -0.663. The van der Waals surface area contributed by atoms with Gasteiger partial charge in [0.1, 0.15) is 0 Å². The van der Waals surface area contributed by atoms with Gasteiger partial charge < -0.3 is 15.0 Å². The van der Waals surface area contributed by atoms with Crippen LogP contribution in [0.15, 0.2) is 54.6 Å². The van der Waals surface area contributed by atoms with Gasteiger partial charge in [-0.15, -0.1) is 0 Å². The fraction of sp³-hybridized carbons (Fsp3) is 0.391. The maximum Gasteiger partial charge on any atom is 0.237 e. The van der Waals surface area contributed by atoms with Crippen molar-refractivity contribution in [3.63, 3.8) is 0 Å². The second kappa shape index (κ2) is 7.28. The van der Waals surface area contributed by atoms with E-state index in [0.717, 1.165) is 16.8 Å². The zero-order chi connectivity index (χ0) is 19.8. The Balaban J connectivity index is 1.52. The molecule has 0 saturated carbocycles. The molecule has 3 aliphatic heterocycles. The quantitative estimate of drug-likeness (QED) is 0.871. The number of hydrogen-bond donors (Lipinski definition) is 1. The Morgan fingerprint density at radius 2 is 1.76 bits per heavy atom. The summed E-state index contributed by atoms with van der Waals surface area (Å²) in [7, 11) is 0. The zero-order valence-corrected chi connectivity index (χ0v) is 16.3. The van der Waals surface area contributed by atoms with Crippen LogP contribution in [0, 0.1) is 0 Å². The van der Waals surface area contributed by atoms with Gasteiger partial charge >= 0.3 is 0 Å². The van der Waals surface area contributed by atoms with Crippen LogP contribution in [0.5, 0.6) is 0 Å². The van der Waals surface area contributed by atoms with Crippen molar-refractivity contribution >= 4 is 17.5 Å². The predicted molar refractivity (Wildman–Crippen MR) is 110 cm³/mol. The molecule has 6 heteroatoms. The normalized spacial score (nSPS) is 26.6. The number of nitrogens with one attached hydrogen (secondary N) is 1. The Bertz CT molecular complexity index is 926. The number of amides is 2. The second-order valence-electron chi connectivity index (χ2n) is 8.00. The van der Waals surface area contributed by atoms with E-state index < -0.39 is 5.41 Å². The first-order valence-corrected chi connectivity index (χ1v) is 10.3. The van der Waals surface area contributed by atoms with Gasteiger partial charge in [0.15, 0.2) is 0 Å². The standard InChI is InChI=1S/C23H25N3O3/c27-20(25-12-14-29-15-13-25)16-26-11-10-23(21(26)17-6-2-1-3-7-17)18-8-4-5-9-19(18)24-22(23)28/h1-9,21H,10-16H2,(H,24,28)/t21-,23-/m0/s1. The van der Waals surface area contributed by atoms with Crippen LogP contribution in [0.2, 0.25) is 0 Å². The molecule has 2 atom stereocenters. The van der Waals surface area contributed by atoms with E-state index in [1.165, 1.54) is 0 Å². The van der Waals surface area contributed by atoms with Crippen molar-refractivity contribution in [3.8, 4) is 0 Å². The molecule has 5 rings (SSSR count). The number of morpholine rings is 1. The Hall–Kier alpha value is -2.70. The molecule has 2 aromatic rings. The molecule has 2 saturated heterocycles. The Morgan fingerprint density at radius 1 is 1.03 bits per heavy atom. The summed E-state index contributed by atoms with van der Waals surface area (Å²) in [6, 6.07) is 17.9. The maximum atomic E-state index is 13.3. The van der Waals surface area contributed by atoms with Gasteiger partial charge in [-0.25, -0.2) is 0 Å². The maximum absolute atomic E-state index is 13.3. The topological polar surface area (TPSA) is 61.9 Å². The molecule has 6 nitrogen and oxygen atoms in total. The first kappa shape index (κ1) is 18.3. The molecule has 1 spiro atoms. The fourth-order valence-electron chi connectivity index (χ4n) is 5.14. The summed E-state index contributed by atoms with van der Waals surface area (Å²) < 4.78 is 5.38. The van der Waals surface area contributed by atoms with Crippen molar-refractivity contribution in [2.24, 2.45) is 0 Å². The lowest BCUT2D eigenvalue weighted by atomic mass is 9.72. The first-order valence-electron chi connectivity index (χ1n) is 10.3.